The van der Waals surface area contributed by atoms with Crippen molar-refractivity contribution in [1.29, 1.82) is 5.26 Å². The largest absolute Gasteiger partial charge is 0.489 e. The number of nitriles is 1. The number of hydrogen-bond acceptors (Lipinski definition) is 5. The number of ether oxygens (including phenoxy) is 2. The standard InChI is InChI=1S/C23H18N2O4/c1-28-23(27)17-9-4-10-20(12-17)25-22(26)16-8-5-11-21(13-16)29-15-19-7-3-2-6-18(19)14-24/h2-13H,15H2,1H3,(H,25,26). The van der Waals surface area contributed by atoms with Crippen LogP contribution >= 0.6 is 0 Å². The van der Waals surface area contributed by atoms with Crippen LogP contribution in [0.5, 0.6) is 5.75 Å². The van der Waals surface area contributed by atoms with Crippen LogP contribution in [0.1, 0.15) is 31.8 Å². The molecule has 0 aliphatic rings. The maximum atomic E-state index is 12.6. The van der Waals surface area contributed by atoms with Gasteiger partial charge in [-0.2, -0.15) is 5.26 Å². The van der Waals surface area contributed by atoms with Crippen molar-refractivity contribution in [2.24, 2.45) is 0 Å². The van der Waals surface area contributed by atoms with Gasteiger partial charge < -0.3 is 14.8 Å². The average molecular weight is 386 g/mol. The van der Waals surface area contributed by atoms with E-state index in [1.807, 2.05) is 12.1 Å². The normalized spacial score (nSPS) is 9.93. The third kappa shape index (κ3) is 4.99. The molecule has 6 nitrogen and oxygen atoms in total. The third-order valence-electron chi connectivity index (χ3n) is 4.17. The molecule has 0 saturated carbocycles. The van der Waals surface area contributed by atoms with E-state index in [1.54, 1.807) is 60.7 Å². The lowest BCUT2D eigenvalue weighted by Gasteiger charge is -2.10. The van der Waals surface area contributed by atoms with Crippen LogP contribution in [0.25, 0.3) is 0 Å². The van der Waals surface area contributed by atoms with Crippen molar-refractivity contribution < 1.29 is 19.1 Å². The molecule has 0 aromatic heterocycles. The highest BCUT2D eigenvalue weighted by atomic mass is 16.5. The van der Waals surface area contributed by atoms with E-state index in [1.165, 1.54) is 7.11 Å². The predicted molar refractivity (Wildman–Crippen MR) is 108 cm³/mol. The van der Waals surface area contributed by atoms with Gasteiger partial charge in [-0.3, -0.25) is 4.79 Å². The molecular formula is C23H18N2O4. The summed E-state index contributed by atoms with van der Waals surface area (Å²) < 4.78 is 10.4. The Kier molecular flexibility index (Phi) is 6.23. The molecule has 0 saturated heterocycles. The van der Waals surface area contributed by atoms with Crippen molar-refractivity contribution >= 4 is 17.6 Å². The molecule has 0 spiro atoms. The summed E-state index contributed by atoms with van der Waals surface area (Å²) in [5.74, 6) is -0.308. The van der Waals surface area contributed by atoms with Crippen molar-refractivity contribution in [2.45, 2.75) is 6.61 Å². The molecule has 3 rings (SSSR count). The van der Waals surface area contributed by atoms with E-state index >= 15 is 0 Å². The van der Waals surface area contributed by atoms with Gasteiger partial charge in [0.05, 0.1) is 24.3 Å². The minimum Gasteiger partial charge on any atom is -0.489 e. The van der Waals surface area contributed by atoms with E-state index < -0.39 is 5.97 Å². The van der Waals surface area contributed by atoms with Gasteiger partial charge in [0.25, 0.3) is 5.91 Å². The summed E-state index contributed by atoms with van der Waals surface area (Å²) in [6.45, 7) is 0.218. The summed E-state index contributed by atoms with van der Waals surface area (Å²) in [6, 6.07) is 22.5. The van der Waals surface area contributed by atoms with E-state index in [9.17, 15) is 9.59 Å². The van der Waals surface area contributed by atoms with Crippen LogP contribution in [0.4, 0.5) is 5.69 Å². The molecule has 144 valence electrons. The lowest BCUT2D eigenvalue weighted by atomic mass is 10.1. The summed E-state index contributed by atoms with van der Waals surface area (Å²) >= 11 is 0. The first-order chi connectivity index (χ1) is 14.1. The van der Waals surface area contributed by atoms with Crippen molar-refractivity contribution in [3.8, 4) is 11.8 Å². The lowest BCUT2D eigenvalue weighted by Crippen LogP contribution is -2.12. The number of benzene rings is 3. The monoisotopic (exact) mass is 386 g/mol. The average Bonchev–Trinajstić information content (AvgIpc) is 2.77. The van der Waals surface area contributed by atoms with E-state index in [4.69, 9.17) is 10.00 Å². The Bertz CT molecular complexity index is 1090. The maximum absolute atomic E-state index is 12.6. The molecule has 3 aromatic rings. The molecule has 0 unspecified atom stereocenters. The number of anilines is 1. The summed E-state index contributed by atoms with van der Waals surface area (Å²) in [5, 5.41) is 11.9. The number of esters is 1. The molecule has 0 aliphatic heterocycles. The number of nitrogens with one attached hydrogen (secondary N) is 1. The van der Waals surface area contributed by atoms with E-state index in [0.717, 1.165) is 5.56 Å². The quantitative estimate of drug-likeness (QED) is 0.642. The zero-order valence-electron chi connectivity index (χ0n) is 15.7. The second-order valence-electron chi connectivity index (χ2n) is 6.11. The predicted octanol–water partition coefficient (Wildman–Crippen LogP) is 4.18. The number of carbonyl (C=O) groups excluding carboxylic acids is 2. The number of nitrogens with zero attached hydrogens (tertiary/aromatic N) is 1. The van der Waals surface area contributed by atoms with Crippen LogP contribution in [0, 0.1) is 11.3 Å². The fourth-order valence-corrected chi connectivity index (χ4v) is 2.69. The first-order valence-corrected chi connectivity index (χ1v) is 8.81. The molecule has 0 fully saturated rings. The van der Waals surface area contributed by atoms with Gasteiger partial charge in [0.1, 0.15) is 12.4 Å². The summed E-state index contributed by atoms with van der Waals surface area (Å²) in [4.78, 5) is 24.2. The third-order valence-corrected chi connectivity index (χ3v) is 4.17. The van der Waals surface area contributed by atoms with Gasteiger partial charge in [0.15, 0.2) is 0 Å². The molecule has 1 amide bonds. The lowest BCUT2D eigenvalue weighted by molar-refractivity contribution is 0.0600. The van der Waals surface area contributed by atoms with Gasteiger partial charge in [0.2, 0.25) is 0 Å². The van der Waals surface area contributed by atoms with Crippen molar-refractivity contribution in [2.75, 3.05) is 12.4 Å². The van der Waals surface area contributed by atoms with Crippen LogP contribution in [0.3, 0.4) is 0 Å². The molecule has 0 heterocycles. The zero-order valence-corrected chi connectivity index (χ0v) is 15.7. The SMILES string of the molecule is COC(=O)c1cccc(NC(=O)c2cccc(OCc3ccccc3C#N)c2)c1. The van der Waals surface area contributed by atoms with E-state index in [0.29, 0.717) is 28.1 Å². The number of hydrogen-bond donors (Lipinski definition) is 1. The topological polar surface area (TPSA) is 88.4 Å². The fraction of sp³-hybridized carbons (Fsp3) is 0.0870. The van der Waals surface area contributed by atoms with Gasteiger partial charge in [-0.25, -0.2) is 4.79 Å². The zero-order chi connectivity index (χ0) is 20.6. The van der Waals surface area contributed by atoms with Crippen LogP contribution in [0.15, 0.2) is 72.8 Å². The summed E-state index contributed by atoms with van der Waals surface area (Å²) in [6.07, 6.45) is 0. The first-order valence-electron chi connectivity index (χ1n) is 8.81. The van der Waals surface area contributed by atoms with Crippen LogP contribution in [-0.4, -0.2) is 19.0 Å². The molecule has 0 atom stereocenters. The van der Waals surface area contributed by atoms with E-state index in [-0.39, 0.29) is 12.5 Å². The Balaban J connectivity index is 1.70. The van der Waals surface area contributed by atoms with E-state index in [2.05, 4.69) is 16.1 Å². The molecule has 1 N–H and O–H groups in total. The number of carbonyl (C=O) groups is 2. The van der Waals surface area contributed by atoms with Gasteiger partial charge >= 0.3 is 5.97 Å². The molecule has 6 heteroatoms. The van der Waals surface area contributed by atoms with Gasteiger partial charge in [-0.05, 0) is 42.5 Å². The Morgan fingerprint density at radius 2 is 1.72 bits per heavy atom. The summed E-state index contributed by atoms with van der Waals surface area (Å²) in [5.41, 5.74) is 2.54. The van der Waals surface area contributed by atoms with Crippen molar-refractivity contribution in [3.63, 3.8) is 0 Å². The number of methoxy groups -OCH3 is 1. The highest BCUT2D eigenvalue weighted by Crippen LogP contribution is 2.18. The smallest absolute Gasteiger partial charge is 0.337 e. The van der Waals surface area contributed by atoms with Gasteiger partial charge in [-0.15, -0.1) is 0 Å². The number of rotatable bonds is 6. The molecule has 3 aromatic carbocycles. The maximum Gasteiger partial charge on any atom is 0.337 e. The van der Waals surface area contributed by atoms with Crippen LogP contribution in [0.2, 0.25) is 0 Å². The molecule has 29 heavy (non-hydrogen) atoms. The van der Waals surface area contributed by atoms with Gasteiger partial charge in [-0.1, -0.05) is 30.3 Å². The Morgan fingerprint density at radius 3 is 2.52 bits per heavy atom. The Labute approximate surface area is 168 Å². The molecule has 0 aliphatic carbocycles. The molecule has 0 bridgehead atoms. The molecular weight excluding hydrogens is 368 g/mol. The Hall–Kier alpha value is -4.11. The van der Waals surface area contributed by atoms with Crippen LogP contribution < -0.4 is 10.1 Å². The minimum absolute atomic E-state index is 0.218. The highest BCUT2D eigenvalue weighted by Gasteiger charge is 2.10. The summed E-state index contributed by atoms with van der Waals surface area (Å²) in [7, 11) is 1.30. The van der Waals surface area contributed by atoms with Crippen LogP contribution in [-0.2, 0) is 11.3 Å². The second kappa shape index (κ2) is 9.20. The second-order valence-corrected chi connectivity index (χ2v) is 6.11. The Morgan fingerprint density at radius 1 is 0.966 bits per heavy atom. The van der Waals surface area contributed by atoms with Gasteiger partial charge in [0, 0.05) is 16.8 Å². The van der Waals surface area contributed by atoms with Crippen molar-refractivity contribution in [3.05, 3.63) is 95.1 Å². The van der Waals surface area contributed by atoms with Crippen molar-refractivity contribution in [1.82, 2.24) is 0 Å². The molecule has 0 radical (unpaired) electrons. The number of amides is 1. The first kappa shape index (κ1) is 19.6. The fourth-order valence-electron chi connectivity index (χ4n) is 2.69. The minimum atomic E-state index is -0.478. The highest BCUT2D eigenvalue weighted by molar-refractivity contribution is 6.05.